The summed E-state index contributed by atoms with van der Waals surface area (Å²) in [4.78, 5) is 15.9. The summed E-state index contributed by atoms with van der Waals surface area (Å²) in [6.07, 6.45) is 7.58. The van der Waals surface area contributed by atoms with Gasteiger partial charge in [0.05, 0.1) is 5.56 Å². The first-order valence-corrected chi connectivity index (χ1v) is 5.62. The molecule has 1 aromatic rings. The summed E-state index contributed by atoms with van der Waals surface area (Å²) in [5.41, 5.74) is 12.6. The maximum Gasteiger partial charge on any atom is 0.168 e. The van der Waals surface area contributed by atoms with Crippen LogP contribution in [-0.4, -0.2) is 16.3 Å². The predicted octanol–water partition coefficient (Wildman–Crippen LogP) is 1.51. The van der Waals surface area contributed by atoms with Gasteiger partial charge in [-0.2, -0.15) is 0 Å². The maximum absolute atomic E-state index is 12.0. The van der Waals surface area contributed by atoms with Gasteiger partial charge in [-0.05, 0) is 18.9 Å². The van der Waals surface area contributed by atoms with Gasteiger partial charge in [0.25, 0.3) is 0 Å². The molecule has 2 rings (SSSR count). The molecule has 0 atom stereocenters. The van der Waals surface area contributed by atoms with Crippen LogP contribution in [0.1, 0.15) is 42.5 Å². The number of nitrogen functional groups attached to an aromatic ring is 1. The SMILES string of the molecule is Nc1ccncc1C(=O)CC1(N)CCCC1. The molecule has 4 heteroatoms. The molecule has 0 aromatic carbocycles. The highest BCUT2D eigenvalue weighted by atomic mass is 16.1. The standard InChI is InChI=1S/C12H17N3O/c13-10-3-6-15-8-9(10)11(16)7-12(14)4-1-2-5-12/h3,6,8H,1-2,4-5,7,14H2,(H2,13,15). The van der Waals surface area contributed by atoms with Gasteiger partial charge in [0, 0.05) is 30.0 Å². The molecule has 4 N–H and O–H groups in total. The number of carbonyl (C=O) groups is 1. The van der Waals surface area contributed by atoms with Crippen molar-refractivity contribution in [1.29, 1.82) is 0 Å². The van der Waals surface area contributed by atoms with Crippen molar-refractivity contribution < 1.29 is 4.79 Å². The van der Waals surface area contributed by atoms with Crippen LogP contribution in [0.3, 0.4) is 0 Å². The second kappa shape index (κ2) is 4.22. The Kier molecular flexibility index (Phi) is 2.92. The minimum absolute atomic E-state index is 0.00926. The number of anilines is 1. The Morgan fingerprint density at radius 3 is 2.75 bits per heavy atom. The van der Waals surface area contributed by atoms with E-state index in [1.54, 1.807) is 12.3 Å². The van der Waals surface area contributed by atoms with E-state index < -0.39 is 0 Å². The number of pyridine rings is 1. The minimum atomic E-state index is -0.320. The number of hydrogen-bond acceptors (Lipinski definition) is 4. The first-order valence-electron chi connectivity index (χ1n) is 5.62. The Bertz CT molecular complexity index is 397. The lowest BCUT2D eigenvalue weighted by atomic mass is 9.90. The molecule has 0 bridgehead atoms. The number of nitrogens with two attached hydrogens (primary N) is 2. The lowest BCUT2D eigenvalue weighted by Gasteiger charge is -2.22. The smallest absolute Gasteiger partial charge is 0.168 e. The van der Waals surface area contributed by atoms with Crippen LogP contribution in [0.2, 0.25) is 0 Å². The number of rotatable bonds is 3. The van der Waals surface area contributed by atoms with Crippen LogP contribution in [0, 0.1) is 0 Å². The van der Waals surface area contributed by atoms with Gasteiger partial charge in [-0.25, -0.2) is 0 Å². The van der Waals surface area contributed by atoms with Crippen molar-refractivity contribution in [2.24, 2.45) is 5.73 Å². The topological polar surface area (TPSA) is 82.0 Å². The van der Waals surface area contributed by atoms with Crippen molar-refractivity contribution in [3.05, 3.63) is 24.0 Å². The molecule has 0 radical (unpaired) electrons. The number of aromatic nitrogens is 1. The van der Waals surface area contributed by atoms with Gasteiger partial charge in [0.15, 0.2) is 5.78 Å². The molecule has 1 fully saturated rings. The summed E-state index contributed by atoms with van der Waals surface area (Å²) in [5, 5.41) is 0. The van der Waals surface area contributed by atoms with Crippen LogP contribution < -0.4 is 11.5 Å². The van der Waals surface area contributed by atoms with Crippen molar-refractivity contribution in [1.82, 2.24) is 4.98 Å². The van der Waals surface area contributed by atoms with E-state index in [0.717, 1.165) is 25.7 Å². The molecule has 16 heavy (non-hydrogen) atoms. The van der Waals surface area contributed by atoms with E-state index >= 15 is 0 Å². The lowest BCUT2D eigenvalue weighted by Crippen LogP contribution is -2.38. The molecule has 1 saturated carbocycles. The first kappa shape index (κ1) is 11.1. The van der Waals surface area contributed by atoms with Gasteiger partial charge in [0.2, 0.25) is 0 Å². The fourth-order valence-corrected chi connectivity index (χ4v) is 2.31. The third-order valence-electron chi connectivity index (χ3n) is 3.27. The quantitative estimate of drug-likeness (QED) is 0.755. The van der Waals surface area contributed by atoms with Crippen molar-refractivity contribution in [3.63, 3.8) is 0 Å². The molecule has 0 aliphatic heterocycles. The molecule has 0 saturated heterocycles. The fourth-order valence-electron chi connectivity index (χ4n) is 2.31. The molecule has 1 heterocycles. The third kappa shape index (κ3) is 2.22. The number of Topliss-reactive ketones (excluding diaryl/α,β-unsaturated/α-hetero) is 1. The largest absolute Gasteiger partial charge is 0.398 e. The number of hydrogen-bond donors (Lipinski definition) is 2. The van der Waals surface area contributed by atoms with Gasteiger partial charge in [-0.15, -0.1) is 0 Å². The number of ketones is 1. The summed E-state index contributed by atoms with van der Waals surface area (Å²) >= 11 is 0. The minimum Gasteiger partial charge on any atom is -0.398 e. The molecule has 1 aromatic heterocycles. The average Bonchev–Trinajstić information content (AvgIpc) is 2.65. The Balaban J connectivity index is 2.11. The van der Waals surface area contributed by atoms with Crippen LogP contribution in [-0.2, 0) is 0 Å². The van der Waals surface area contributed by atoms with Crippen LogP contribution in [0.5, 0.6) is 0 Å². The lowest BCUT2D eigenvalue weighted by molar-refractivity contribution is 0.0953. The normalized spacial score (nSPS) is 18.6. The predicted molar refractivity (Wildman–Crippen MR) is 63.0 cm³/mol. The Morgan fingerprint density at radius 2 is 2.12 bits per heavy atom. The van der Waals surface area contributed by atoms with Crippen LogP contribution in [0.4, 0.5) is 5.69 Å². The number of nitrogens with zero attached hydrogens (tertiary/aromatic N) is 1. The second-order valence-electron chi connectivity index (χ2n) is 4.63. The molecule has 0 amide bonds. The Labute approximate surface area is 95.0 Å². The first-order chi connectivity index (χ1) is 7.61. The second-order valence-corrected chi connectivity index (χ2v) is 4.63. The van der Waals surface area contributed by atoms with E-state index in [1.807, 2.05) is 0 Å². The van der Waals surface area contributed by atoms with Crippen molar-refractivity contribution >= 4 is 11.5 Å². The summed E-state index contributed by atoms with van der Waals surface area (Å²) in [6, 6.07) is 1.64. The van der Waals surface area contributed by atoms with Gasteiger partial charge in [-0.3, -0.25) is 9.78 Å². The molecule has 1 aliphatic carbocycles. The highest BCUT2D eigenvalue weighted by molar-refractivity contribution is 6.00. The monoisotopic (exact) mass is 219 g/mol. The molecular weight excluding hydrogens is 202 g/mol. The van der Waals surface area contributed by atoms with E-state index in [0.29, 0.717) is 17.7 Å². The summed E-state index contributed by atoms with van der Waals surface area (Å²) < 4.78 is 0. The summed E-state index contributed by atoms with van der Waals surface area (Å²) in [5.74, 6) is 0.00926. The molecule has 0 unspecified atom stereocenters. The third-order valence-corrected chi connectivity index (χ3v) is 3.27. The average molecular weight is 219 g/mol. The Hall–Kier alpha value is -1.42. The van der Waals surface area contributed by atoms with Gasteiger partial charge < -0.3 is 11.5 Å². The zero-order valence-electron chi connectivity index (χ0n) is 9.28. The van der Waals surface area contributed by atoms with Crippen molar-refractivity contribution in [2.75, 3.05) is 5.73 Å². The van der Waals surface area contributed by atoms with E-state index in [4.69, 9.17) is 11.5 Å². The van der Waals surface area contributed by atoms with E-state index in [1.165, 1.54) is 6.20 Å². The van der Waals surface area contributed by atoms with Crippen LogP contribution in [0.25, 0.3) is 0 Å². The van der Waals surface area contributed by atoms with Gasteiger partial charge in [0.1, 0.15) is 0 Å². The molecular formula is C12H17N3O. The van der Waals surface area contributed by atoms with Gasteiger partial charge >= 0.3 is 0 Å². The van der Waals surface area contributed by atoms with Crippen molar-refractivity contribution in [2.45, 2.75) is 37.6 Å². The Morgan fingerprint density at radius 1 is 1.44 bits per heavy atom. The zero-order valence-corrected chi connectivity index (χ0v) is 9.28. The molecule has 86 valence electrons. The molecule has 4 nitrogen and oxygen atoms in total. The summed E-state index contributed by atoms with van der Waals surface area (Å²) in [6.45, 7) is 0. The summed E-state index contributed by atoms with van der Waals surface area (Å²) in [7, 11) is 0. The van der Waals surface area contributed by atoms with E-state index in [2.05, 4.69) is 4.98 Å². The highest BCUT2D eigenvalue weighted by Gasteiger charge is 2.32. The zero-order chi connectivity index (χ0) is 11.6. The molecule has 0 spiro atoms. The van der Waals surface area contributed by atoms with E-state index in [9.17, 15) is 4.79 Å². The van der Waals surface area contributed by atoms with Crippen LogP contribution in [0.15, 0.2) is 18.5 Å². The van der Waals surface area contributed by atoms with Crippen LogP contribution >= 0.6 is 0 Å². The van der Waals surface area contributed by atoms with E-state index in [-0.39, 0.29) is 11.3 Å². The molecule has 1 aliphatic rings. The van der Waals surface area contributed by atoms with Gasteiger partial charge in [-0.1, -0.05) is 12.8 Å². The highest BCUT2D eigenvalue weighted by Crippen LogP contribution is 2.31. The maximum atomic E-state index is 12.0. The van der Waals surface area contributed by atoms with Crippen molar-refractivity contribution in [3.8, 4) is 0 Å². The fraction of sp³-hybridized carbons (Fsp3) is 0.500. The number of carbonyl (C=O) groups excluding carboxylic acids is 1.